The quantitative estimate of drug-likeness (QED) is 0.389. The highest BCUT2D eigenvalue weighted by Crippen LogP contribution is 2.41. The normalized spacial score (nSPS) is 11.0. The summed E-state index contributed by atoms with van der Waals surface area (Å²) in [5.41, 5.74) is 0.636. The summed E-state index contributed by atoms with van der Waals surface area (Å²) < 4.78 is 6.71. The summed E-state index contributed by atoms with van der Waals surface area (Å²) >= 11 is 15.0. The number of thioether (sulfide) groups is 1. The first-order chi connectivity index (χ1) is 13.1. The molecule has 2 heterocycles. The Morgan fingerprint density at radius 1 is 1.15 bits per heavy atom. The number of carbonyl (C=O) groups excluding carboxylic acids is 1. The fraction of sp³-hybridized carbons (Fsp3) is 0.0556. The van der Waals surface area contributed by atoms with Gasteiger partial charge in [-0.15, -0.1) is 21.5 Å². The Labute approximate surface area is 172 Å². The van der Waals surface area contributed by atoms with Crippen LogP contribution in [0.4, 0.5) is 5.69 Å². The van der Waals surface area contributed by atoms with E-state index >= 15 is 0 Å². The van der Waals surface area contributed by atoms with Gasteiger partial charge in [-0.3, -0.25) is 4.79 Å². The van der Waals surface area contributed by atoms with Crippen molar-refractivity contribution in [3.8, 4) is 10.8 Å². The number of rotatable bonds is 5. The SMILES string of the molecule is O=C(CSc1nnc(-c2sc3ccccc3c2Cl)o1)Nc1cccc(Cl)c1. The lowest BCUT2D eigenvalue weighted by Crippen LogP contribution is -2.13. The Morgan fingerprint density at radius 2 is 2.00 bits per heavy atom. The average Bonchev–Trinajstić information content (AvgIpc) is 3.25. The standard InChI is InChI=1S/C18H11Cl2N3O2S2/c19-10-4-3-5-11(8-10)21-14(24)9-26-18-23-22-17(25-18)16-15(20)12-6-1-2-7-13(12)27-16/h1-8H,9H2,(H,21,24). The molecular weight excluding hydrogens is 425 g/mol. The van der Waals surface area contributed by atoms with E-state index in [0.717, 1.165) is 26.7 Å². The second-order valence-electron chi connectivity index (χ2n) is 5.46. The highest BCUT2D eigenvalue weighted by molar-refractivity contribution is 7.99. The highest BCUT2D eigenvalue weighted by Gasteiger charge is 2.18. The molecule has 1 amide bonds. The minimum atomic E-state index is -0.193. The van der Waals surface area contributed by atoms with Crippen LogP contribution < -0.4 is 5.32 Å². The summed E-state index contributed by atoms with van der Waals surface area (Å²) in [6.45, 7) is 0. The van der Waals surface area contributed by atoms with Crippen molar-refractivity contribution >= 4 is 68.0 Å². The van der Waals surface area contributed by atoms with Crippen LogP contribution in [-0.4, -0.2) is 21.9 Å². The van der Waals surface area contributed by atoms with Crippen LogP contribution in [0.3, 0.4) is 0 Å². The van der Waals surface area contributed by atoms with Gasteiger partial charge in [0.25, 0.3) is 11.1 Å². The number of halogens is 2. The fourth-order valence-electron chi connectivity index (χ4n) is 2.40. The molecule has 0 radical (unpaired) electrons. The summed E-state index contributed by atoms with van der Waals surface area (Å²) in [6.07, 6.45) is 0. The predicted octanol–water partition coefficient (Wildman–Crippen LogP) is 5.99. The minimum absolute atomic E-state index is 0.133. The third-order valence-corrected chi connectivity index (χ3v) is 6.29. The van der Waals surface area contributed by atoms with E-state index in [2.05, 4.69) is 15.5 Å². The number of carbonyl (C=O) groups is 1. The Balaban J connectivity index is 1.43. The van der Waals surface area contributed by atoms with Crippen LogP contribution in [0.1, 0.15) is 0 Å². The van der Waals surface area contributed by atoms with Gasteiger partial charge < -0.3 is 9.73 Å². The van der Waals surface area contributed by atoms with E-state index in [0.29, 0.717) is 26.8 Å². The van der Waals surface area contributed by atoms with Crippen molar-refractivity contribution in [2.24, 2.45) is 0 Å². The average molecular weight is 436 g/mol. The monoisotopic (exact) mass is 435 g/mol. The van der Waals surface area contributed by atoms with Gasteiger partial charge in [0, 0.05) is 20.8 Å². The molecule has 0 unspecified atom stereocenters. The zero-order valence-electron chi connectivity index (χ0n) is 13.6. The van der Waals surface area contributed by atoms with Crippen LogP contribution in [0.15, 0.2) is 58.2 Å². The molecule has 4 rings (SSSR count). The van der Waals surface area contributed by atoms with E-state index in [1.165, 1.54) is 11.3 Å². The Morgan fingerprint density at radius 3 is 2.81 bits per heavy atom. The molecule has 0 aliphatic heterocycles. The van der Waals surface area contributed by atoms with E-state index in [9.17, 15) is 4.79 Å². The lowest BCUT2D eigenvalue weighted by molar-refractivity contribution is -0.113. The molecule has 5 nitrogen and oxygen atoms in total. The Bertz CT molecular complexity index is 1130. The molecule has 4 aromatic rings. The summed E-state index contributed by atoms with van der Waals surface area (Å²) in [6, 6.07) is 14.8. The number of fused-ring (bicyclic) bond motifs is 1. The smallest absolute Gasteiger partial charge is 0.277 e. The summed E-state index contributed by atoms with van der Waals surface area (Å²) in [5, 5.41) is 13.2. The molecule has 2 aromatic heterocycles. The van der Waals surface area contributed by atoms with Gasteiger partial charge >= 0.3 is 0 Å². The molecule has 9 heteroatoms. The predicted molar refractivity (Wildman–Crippen MR) is 111 cm³/mol. The fourth-order valence-corrected chi connectivity index (χ4v) is 4.59. The van der Waals surface area contributed by atoms with Gasteiger partial charge in [-0.05, 0) is 24.3 Å². The van der Waals surface area contributed by atoms with Gasteiger partial charge in [0.1, 0.15) is 4.88 Å². The first kappa shape index (κ1) is 18.3. The molecule has 136 valence electrons. The zero-order valence-corrected chi connectivity index (χ0v) is 16.8. The third kappa shape index (κ3) is 4.11. The van der Waals surface area contributed by atoms with Crippen molar-refractivity contribution in [3.63, 3.8) is 0 Å². The molecule has 0 atom stereocenters. The number of hydrogen-bond acceptors (Lipinski definition) is 6. The molecular formula is C18H11Cl2N3O2S2. The maximum absolute atomic E-state index is 12.1. The molecule has 0 saturated carbocycles. The van der Waals surface area contributed by atoms with Gasteiger partial charge in [-0.2, -0.15) is 0 Å². The number of amides is 1. The second-order valence-corrected chi connectivity index (χ2v) is 8.25. The van der Waals surface area contributed by atoms with Crippen molar-refractivity contribution in [3.05, 3.63) is 58.6 Å². The largest absolute Gasteiger partial charge is 0.410 e. The molecule has 1 N–H and O–H groups in total. The molecule has 27 heavy (non-hydrogen) atoms. The van der Waals surface area contributed by atoms with Crippen LogP contribution in [0.2, 0.25) is 10.0 Å². The van der Waals surface area contributed by atoms with Crippen LogP contribution in [0, 0.1) is 0 Å². The number of hydrogen-bond donors (Lipinski definition) is 1. The Hall–Kier alpha value is -2.06. The third-order valence-electron chi connectivity index (χ3n) is 3.57. The van der Waals surface area contributed by atoms with Gasteiger partial charge in [-0.25, -0.2) is 0 Å². The lowest BCUT2D eigenvalue weighted by Gasteiger charge is -2.03. The van der Waals surface area contributed by atoms with Gasteiger partial charge in [0.15, 0.2) is 0 Å². The number of thiophene rings is 1. The molecule has 0 bridgehead atoms. The van der Waals surface area contributed by atoms with Crippen LogP contribution in [0.25, 0.3) is 20.9 Å². The highest BCUT2D eigenvalue weighted by atomic mass is 35.5. The number of benzene rings is 2. The summed E-state index contributed by atoms with van der Waals surface area (Å²) in [5.74, 6) is 0.287. The first-order valence-corrected chi connectivity index (χ1v) is 10.3. The van der Waals surface area contributed by atoms with E-state index in [1.54, 1.807) is 24.3 Å². The van der Waals surface area contributed by atoms with Gasteiger partial charge in [0.05, 0.1) is 10.8 Å². The van der Waals surface area contributed by atoms with Crippen LogP contribution in [0.5, 0.6) is 0 Å². The van der Waals surface area contributed by atoms with Gasteiger partial charge in [-0.1, -0.05) is 59.2 Å². The van der Waals surface area contributed by atoms with E-state index < -0.39 is 0 Å². The molecule has 0 aliphatic rings. The zero-order chi connectivity index (χ0) is 18.8. The minimum Gasteiger partial charge on any atom is -0.410 e. The van der Waals surface area contributed by atoms with Crippen LogP contribution >= 0.6 is 46.3 Å². The summed E-state index contributed by atoms with van der Waals surface area (Å²) in [4.78, 5) is 12.8. The molecule has 0 aliphatic carbocycles. The molecule has 0 spiro atoms. The van der Waals surface area contributed by atoms with E-state index in [-0.39, 0.29) is 11.7 Å². The molecule has 0 saturated heterocycles. The summed E-state index contributed by atoms with van der Waals surface area (Å²) in [7, 11) is 0. The van der Waals surface area contributed by atoms with Crippen LogP contribution in [-0.2, 0) is 4.79 Å². The van der Waals surface area contributed by atoms with Crippen molar-refractivity contribution < 1.29 is 9.21 Å². The van der Waals surface area contributed by atoms with E-state index in [4.69, 9.17) is 27.6 Å². The maximum Gasteiger partial charge on any atom is 0.277 e. The number of nitrogens with zero attached hydrogens (tertiary/aromatic N) is 2. The number of anilines is 1. The number of aromatic nitrogens is 2. The lowest BCUT2D eigenvalue weighted by atomic mass is 10.2. The van der Waals surface area contributed by atoms with Crippen molar-refractivity contribution in [1.29, 1.82) is 0 Å². The van der Waals surface area contributed by atoms with Crippen molar-refractivity contribution in [1.82, 2.24) is 10.2 Å². The topological polar surface area (TPSA) is 68.0 Å². The van der Waals surface area contributed by atoms with E-state index in [1.807, 2.05) is 24.3 Å². The van der Waals surface area contributed by atoms with Gasteiger partial charge in [0.2, 0.25) is 5.91 Å². The maximum atomic E-state index is 12.1. The second kappa shape index (κ2) is 7.90. The first-order valence-electron chi connectivity index (χ1n) is 7.79. The molecule has 0 fully saturated rings. The number of nitrogens with one attached hydrogen (secondary N) is 1. The molecule has 2 aromatic carbocycles. The van der Waals surface area contributed by atoms with Crippen molar-refractivity contribution in [2.45, 2.75) is 5.22 Å². The van der Waals surface area contributed by atoms with Crippen molar-refractivity contribution in [2.75, 3.05) is 11.1 Å². The Kier molecular flexibility index (Phi) is 5.36.